The molecule has 0 unspecified atom stereocenters. The molecule has 0 saturated carbocycles. The molecule has 2 heterocycles. The molecule has 2 aromatic rings. The first-order valence-electron chi connectivity index (χ1n) is 6.67. The minimum Gasteiger partial charge on any atom is -0.447 e. The first-order chi connectivity index (χ1) is 9.75. The van der Waals surface area contributed by atoms with Gasteiger partial charge in [-0.25, -0.2) is 4.79 Å². The Kier molecular flexibility index (Phi) is 3.37. The highest BCUT2D eigenvalue weighted by molar-refractivity contribution is 6.02. The number of amides is 1. The highest BCUT2D eigenvalue weighted by Gasteiger charge is 2.26. The predicted octanol–water partition coefficient (Wildman–Crippen LogP) is 1.39. The van der Waals surface area contributed by atoms with Crippen LogP contribution in [0.4, 0.5) is 0 Å². The van der Waals surface area contributed by atoms with Gasteiger partial charge >= 0.3 is 5.97 Å². The lowest BCUT2D eigenvalue weighted by molar-refractivity contribution is -0.129. The van der Waals surface area contributed by atoms with Crippen LogP contribution >= 0.6 is 0 Å². The lowest BCUT2D eigenvalue weighted by atomic mass is 10.1. The number of benzene rings is 1. The van der Waals surface area contributed by atoms with Crippen molar-refractivity contribution in [2.24, 2.45) is 0 Å². The highest BCUT2D eigenvalue weighted by Crippen LogP contribution is 2.18. The Hall–Kier alpha value is -2.37. The van der Waals surface area contributed by atoms with Crippen molar-refractivity contribution in [2.75, 3.05) is 6.54 Å². The molecular formula is C14H15N3O3. The number of nitrogens with one attached hydrogen (secondary N) is 2. The van der Waals surface area contributed by atoms with Crippen LogP contribution in [0.2, 0.25) is 0 Å². The number of nitrogens with zero attached hydrogens (tertiary/aromatic N) is 1. The second-order valence-electron chi connectivity index (χ2n) is 4.80. The standard InChI is InChI=1S/C14H15N3O3/c18-13-11(7-3-4-8-15-13)20-14(19)12-9-5-1-2-6-10(9)16-17-12/h1-2,5-6,11H,3-4,7-8H2,(H,15,18)(H,16,17)/t11-/m1/s1. The summed E-state index contributed by atoms with van der Waals surface area (Å²) in [7, 11) is 0. The first kappa shape index (κ1) is 12.7. The van der Waals surface area contributed by atoms with Gasteiger partial charge in [0.15, 0.2) is 11.8 Å². The van der Waals surface area contributed by atoms with Crippen molar-refractivity contribution in [3.8, 4) is 0 Å². The van der Waals surface area contributed by atoms with E-state index in [1.54, 1.807) is 6.07 Å². The monoisotopic (exact) mass is 273 g/mol. The van der Waals surface area contributed by atoms with Crippen LogP contribution in [0.5, 0.6) is 0 Å². The van der Waals surface area contributed by atoms with E-state index in [9.17, 15) is 9.59 Å². The van der Waals surface area contributed by atoms with Crippen molar-refractivity contribution < 1.29 is 14.3 Å². The molecule has 0 aliphatic carbocycles. The minimum atomic E-state index is -0.722. The van der Waals surface area contributed by atoms with Gasteiger partial charge in [-0.15, -0.1) is 0 Å². The fourth-order valence-electron chi connectivity index (χ4n) is 2.33. The van der Waals surface area contributed by atoms with E-state index in [0.717, 1.165) is 18.4 Å². The maximum atomic E-state index is 12.2. The number of aromatic amines is 1. The molecule has 2 N–H and O–H groups in total. The number of carbonyl (C=O) groups is 2. The van der Waals surface area contributed by atoms with Crippen LogP contribution in [0.1, 0.15) is 29.8 Å². The number of rotatable bonds is 2. The number of para-hydroxylation sites is 1. The molecule has 6 heteroatoms. The number of carbonyl (C=O) groups excluding carboxylic acids is 2. The molecule has 104 valence electrons. The van der Waals surface area contributed by atoms with Gasteiger partial charge < -0.3 is 10.1 Å². The summed E-state index contributed by atoms with van der Waals surface area (Å²) in [5, 5.41) is 10.2. The van der Waals surface area contributed by atoms with E-state index >= 15 is 0 Å². The quantitative estimate of drug-likeness (QED) is 0.810. The van der Waals surface area contributed by atoms with E-state index in [0.29, 0.717) is 18.4 Å². The molecule has 0 radical (unpaired) electrons. The molecule has 1 saturated heterocycles. The van der Waals surface area contributed by atoms with Gasteiger partial charge in [0.2, 0.25) is 0 Å². The average molecular weight is 273 g/mol. The number of hydrogen-bond acceptors (Lipinski definition) is 4. The van der Waals surface area contributed by atoms with Gasteiger partial charge in [-0.05, 0) is 25.3 Å². The van der Waals surface area contributed by atoms with Crippen LogP contribution in [0, 0.1) is 0 Å². The van der Waals surface area contributed by atoms with Gasteiger partial charge in [0.05, 0.1) is 5.52 Å². The SMILES string of the molecule is O=C(O[C@@H]1CCCCNC1=O)c1n[nH]c2ccccc12. The molecule has 1 atom stereocenters. The maximum Gasteiger partial charge on any atom is 0.360 e. The van der Waals surface area contributed by atoms with Gasteiger partial charge in [-0.1, -0.05) is 18.2 Å². The average Bonchev–Trinajstić information content (AvgIpc) is 2.79. The van der Waals surface area contributed by atoms with E-state index in [2.05, 4.69) is 15.5 Å². The Morgan fingerprint density at radius 1 is 1.30 bits per heavy atom. The molecule has 1 aromatic carbocycles. The molecule has 0 spiro atoms. The summed E-state index contributed by atoms with van der Waals surface area (Å²) in [6.07, 6.45) is 1.60. The topological polar surface area (TPSA) is 84.1 Å². The molecule has 1 aliphatic heterocycles. The Balaban J connectivity index is 1.80. The van der Waals surface area contributed by atoms with Crippen molar-refractivity contribution in [3.05, 3.63) is 30.0 Å². The fourth-order valence-corrected chi connectivity index (χ4v) is 2.33. The summed E-state index contributed by atoms with van der Waals surface area (Å²) in [5.41, 5.74) is 0.988. The van der Waals surface area contributed by atoms with E-state index in [1.807, 2.05) is 18.2 Å². The Bertz CT molecular complexity index is 650. The maximum absolute atomic E-state index is 12.2. The van der Waals surface area contributed by atoms with Crippen LogP contribution < -0.4 is 5.32 Å². The van der Waals surface area contributed by atoms with Crippen molar-refractivity contribution in [2.45, 2.75) is 25.4 Å². The highest BCUT2D eigenvalue weighted by atomic mass is 16.5. The third-order valence-corrected chi connectivity index (χ3v) is 3.40. The molecule has 6 nitrogen and oxygen atoms in total. The molecule has 0 bridgehead atoms. The molecule has 1 aromatic heterocycles. The third kappa shape index (κ3) is 2.36. The zero-order chi connectivity index (χ0) is 13.9. The second-order valence-corrected chi connectivity index (χ2v) is 4.80. The van der Waals surface area contributed by atoms with Crippen LogP contribution in [0.15, 0.2) is 24.3 Å². The largest absolute Gasteiger partial charge is 0.447 e. The molecule has 20 heavy (non-hydrogen) atoms. The molecule has 3 rings (SSSR count). The number of H-pyrrole nitrogens is 1. The van der Waals surface area contributed by atoms with Gasteiger partial charge in [0.1, 0.15) is 0 Å². The minimum absolute atomic E-state index is 0.220. The summed E-state index contributed by atoms with van der Waals surface area (Å²) in [4.78, 5) is 23.9. The second kappa shape index (κ2) is 5.32. The summed E-state index contributed by atoms with van der Waals surface area (Å²) >= 11 is 0. The number of aromatic nitrogens is 2. The molecular weight excluding hydrogens is 258 g/mol. The fraction of sp³-hybridized carbons (Fsp3) is 0.357. The van der Waals surface area contributed by atoms with Gasteiger partial charge in [0.25, 0.3) is 5.91 Å². The Morgan fingerprint density at radius 3 is 3.05 bits per heavy atom. The normalized spacial score (nSPS) is 19.4. The van der Waals surface area contributed by atoms with Crippen molar-refractivity contribution in [1.82, 2.24) is 15.5 Å². The lowest BCUT2D eigenvalue weighted by Gasteiger charge is -2.13. The smallest absolute Gasteiger partial charge is 0.360 e. The van der Waals surface area contributed by atoms with Crippen molar-refractivity contribution >= 4 is 22.8 Å². The number of hydrogen-bond donors (Lipinski definition) is 2. The van der Waals surface area contributed by atoms with Crippen LogP contribution in [-0.2, 0) is 9.53 Å². The molecule has 1 aliphatic rings. The molecule has 1 fully saturated rings. The van der Waals surface area contributed by atoms with E-state index in [4.69, 9.17) is 4.74 Å². The van der Waals surface area contributed by atoms with E-state index in [1.165, 1.54) is 0 Å². The van der Waals surface area contributed by atoms with Crippen molar-refractivity contribution in [3.63, 3.8) is 0 Å². The predicted molar refractivity (Wildman–Crippen MR) is 72.2 cm³/mol. The Labute approximate surface area is 115 Å². The van der Waals surface area contributed by atoms with Gasteiger partial charge in [0, 0.05) is 11.9 Å². The van der Waals surface area contributed by atoms with Crippen molar-refractivity contribution in [1.29, 1.82) is 0 Å². The zero-order valence-electron chi connectivity index (χ0n) is 10.9. The third-order valence-electron chi connectivity index (χ3n) is 3.40. The summed E-state index contributed by atoms with van der Waals surface area (Å²) in [5.74, 6) is -0.791. The number of fused-ring (bicyclic) bond motifs is 1. The van der Waals surface area contributed by atoms with E-state index in [-0.39, 0.29) is 11.6 Å². The van der Waals surface area contributed by atoms with Gasteiger partial charge in [-0.3, -0.25) is 9.89 Å². The summed E-state index contributed by atoms with van der Waals surface area (Å²) < 4.78 is 5.30. The first-order valence-corrected chi connectivity index (χ1v) is 6.67. The van der Waals surface area contributed by atoms with Gasteiger partial charge in [-0.2, -0.15) is 5.10 Å². The zero-order valence-corrected chi connectivity index (χ0v) is 10.9. The number of ether oxygens (including phenoxy) is 1. The van der Waals surface area contributed by atoms with Crippen LogP contribution in [0.25, 0.3) is 10.9 Å². The van der Waals surface area contributed by atoms with Crippen LogP contribution in [-0.4, -0.2) is 34.7 Å². The summed E-state index contributed by atoms with van der Waals surface area (Å²) in [6, 6.07) is 7.31. The lowest BCUT2D eigenvalue weighted by Crippen LogP contribution is -2.36. The number of esters is 1. The summed E-state index contributed by atoms with van der Waals surface area (Å²) in [6.45, 7) is 0.637. The van der Waals surface area contributed by atoms with E-state index < -0.39 is 12.1 Å². The Morgan fingerprint density at radius 2 is 2.15 bits per heavy atom. The molecule has 1 amide bonds. The van der Waals surface area contributed by atoms with Crippen LogP contribution in [0.3, 0.4) is 0 Å².